The molecule has 0 saturated carbocycles. The highest BCUT2D eigenvalue weighted by atomic mass is 16.4. The lowest BCUT2D eigenvalue weighted by molar-refractivity contribution is -0.137. The van der Waals surface area contributed by atoms with Crippen molar-refractivity contribution in [3.05, 3.63) is 35.9 Å². The van der Waals surface area contributed by atoms with Gasteiger partial charge in [-0.05, 0) is 19.4 Å². The number of unbranched alkanes of at least 4 members (excludes halogenated alkanes) is 3. The first-order chi connectivity index (χ1) is 10.1. The fourth-order valence-electron chi connectivity index (χ4n) is 2.23. The highest BCUT2D eigenvalue weighted by Gasteiger charge is 2.20. The van der Waals surface area contributed by atoms with Crippen molar-refractivity contribution in [3.63, 3.8) is 0 Å². The van der Waals surface area contributed by atoms with Crippen LogP contribution in [0.1, 0.15) is 55.8 Å². The summed E-state index contributed by atoms with van der Waals surface area (Å²) >= 11 is 0. The van der Waals surface area contributed by atoms with Crippen molar-refractivity contribution < 1.29 is 14.7 Å². The van der Waals surface area contributed by atoms with Crippen LogP contribution >= 0.6 is 0 Å². The summed E-state index contributed by atoms with van der Waals surface area (Å²) in [4.78, 5) is 23.2. The van der Waals surface area contributed by atoms with Crippen LogP contribution in [0, 0.1) is 0 Å². The zero-order valence-corrected chi connectivity index (χ0v) is 12.7. The first kappa shape index (κ1) is 17.4. The lowest BCUT2D eigenvalue weighted by Crippen LogP contribution is -2.37. The molecule has 4 nitrogen and oxygen atoms in total. The maximum absolute atomic E-state index is 12.4. The number of hydrogen-bond acceptors (Lipinski definition) is 3. The van der Waals surface area contributed by atoms with Gasteiger partial charge in [-0.3, -0.25) is 9.59 Å². The lowest BCUT2D eigenvalue weighted by Gasteiger charge is -2.17. The first-order valence-corrected chi connectivity index (χ1v) is 7.69. The maximum atomic E-state index is 12.4. The van der Waals surface area contributed by atoms with Crippen LogP contribution in [-0.4, -0.2) is 29.4 Å². The Morgan fingerprint density at radius 1 is 1.14 bits per heavy atom. The molecule has 1 atom stereocenters. The summed E-state index contributed by atoms with van der Waals surface area (Å²) in [6.45, 7) is 2.91. The molecule has 0 heterocycles. The van der Waals surface area contributed by atoms with Crippen molar-refractivity contribution in [2.45, 2.75) is 51.5 Å². The van der Waals surface area contributed by atoms with Crippen LogP contribution in [0.2, 0.25) is 0 Å². The molecule has 0 aliphatic rings. The van der Waals surface area contributed by atoms with Gasteiger partial charge in [-0.15, -0.1) is 0 Å². The third kappa shape index (κ3) is 7.04. The molecule has 0 saturated heterocycles. The molecule has 1 unspecified atom stereocenters. The second-order valence-corrected chi connectivity index (χ2v) is 5.23. The van der Waals surface area contributed by atoms with Crippen LogP contribution in [-0.2, 0) is 4.79 Å². The van der Waals surface area contributed by atoms with Crippen LogP contribution in [0.4, 0.5) is 0 Å². The molecule has 21 heavy (non-hydrogen) atoms. The molecular weight excluding hydrogens is 266 g/mol. The van der Waals surface area contributed by atoms with Gasteiger partial charge in [0.25, 0.3) is 0 Å². The number of carboxylic acid groups (broad SMARTS) is 1. The number of carboxylic acids is 1. The Morgan fingerprint density at radius 3 is 2.48 bits per heavy atom. The number of hydrogen-bond donors (Lipinski definition) is 2. The van der Waals surface area contributed by atoms with Gasteiger partial charge in [0, 0.05) is 12.0 Å². The van der Waals surface area contributed by atoms with Crippen LogP contribution in [0.5, 0.6) is 0 Å². The molecule has 0 aromatic heterocycles. The van der Waals surface area contributed by atoms with Crippen molar-refractivity contribution >= 4 is 11.8 Å². The van der Waals surface area contributed by atoms with E-state index in [1.54, 1.807) is 12.1 Å². The smallest absolute Gasteiger partial charge is 0.303 e. The Morgan fingerprint density at radius 2 is 1.86 bits per heavy atom. The number of ketones is 1. The van der Waals surface area contributed by atoms with Gasteiger partial charge in [0.2, 0.25) is 0 Å². The van der Waals surface area contributed by atoms with E-state index in [0.717, 1.165) is 19.4 Å². The molecule has 116 valence electrons. The van der Waals surface area contributed by atoms with Gasteiger partial charge in [0.05, 0.1) is 6.04 Å². The molecule has 4 heteroatoms. The Balaban J connectivity index is 2.54. The van der Waals surface area contributed by atoms with E-state index in [9.17, 15) is 9.59 Å². The summed E-state index contributed by atoms with van der Waals surface area (Å²) in [6.07, 6.45) is 4.84. The second-order valence-electron chi connectivity index (χ2n) is 5.23. The number of Topliss-reactive ketones (excluding diaryl/α,β-unsaturated/α-hetero) is 1. The number of aliphatic carboxylic acids is 1. The lowest BCUT2D eigenvalue weighted by atomic mass is 10.00. The minimum Gasteiger partial charge on any atom is -0.481 e. The average molecular weight is 291 g/mol. The Labute approximate surface area is 126 Å². The zero-order chi connectivity index (χ0) is 15.5. The number of carbonyl (C=O) groups excluding carboxylic acids is 1. The fourth-order valence-corrected chi connectivity index (χ4v) is 2.23. The van der Waals surface area contributed by atoms with Gasteiger partial charge in [-0.1, -0.05) is 56.5 Å². The molecule has 2 N–H and O–H groups in total. The molecule has 1 aromatic rings. The van der Waals surface area contributed by atoms with Gasteiger partial charge < -0.3 is 10.4 Å². The van der Waals surface area contributed by atoms with Gasteiger partial charge >= 0.3 is 5.97 Å². The second kappa shape index (κ2) is 10.1. The average Bonchev–Trinajstić information content (AvgIpc) is 2.50. The summed E-state index contributed by atoms with van der Waals surface area (Å²) in [7, 11) is 0. The van der Waals surface area contributed by atoms with Crippen molar-refractivity contribution in [2.75, 3.05) is 6.54 Å². The molecule has 0 aliphatic heterocycles. The largest absolute Gasteiger partial charge is 0.481 e. The summed E-state index contributed by atoms with van der Waals surface area (Å²) < 4.78 is 0. The van der Waals surface area contributed by atoms with E-state index in [0.29, 0.717) is 12.0 Å². The predicted octanol–water partition coefficient (Wildman–Crippen LogP) is 3.27. The molecular formula is C17H25NO3. The Hall–Kier alpha value is -1.68. The van der Waals surface area contributed by atoms with Crippen LogP contribution in [0.3, 0.4) is 0 Å². The summed E-state index contributed by atoms with van der Waals surface area (Å²) in [5.74, 6) is -0.888. The van der Waals surface area contributed by atoms with E-state index in [1.807, 2.05) is 18.2 Å². The van der Waals surface area contributed by atoms with Crippen molar-refractivity contribution in [1.29, 1.82) is 0 Å². The zero-order valence-electron chi connectivity index (χ0n) is 12.7. The predicted molar refractivity (Wildman–Crippen MR) is 83.6 cm³/mol. The minimum atomic E-state index is -0.867. The van der Waals surface area contributed by atoms with Gasteiger partial charge in [0.1, 0.15) is 0 Å². The normalized spacial score (nSPS) is 12.0. The molecule has 0 amide bonds. The Bertz CT molecular complexity index is 431. The number of rotatable bonds is 11. The number of carbonyl (C=O) groups is 2. The first-order valence-electron chi connectivity index (χ1n) is 7.69. The molecule has 0 spiro atoms. The quantitative estimate of drug-likeness (QED) is 0.485. The summed E-state index contributed by atoms with van der Waals surface area (Å²) in [6, 6.07) is 8.64. The van der Waals surface area contributed by atoms with Crippen LogP contribution in [0.15, 0.2) is 30.3 Å². The maximum Gasteiger partial charge on any atom is 0.303 e. The van der Waals surface area contributed by atoms with Gasteiger partial charge in [-0.25, -0.2) is 0 Å². The van der Waals surface area contributed by atoms with Crippen molar-refractivity contribution in [2.24, 2.45) is 0 Å². The van der Waals surface area contributed by atoms with Crippen molar-refractivity contribution in [3.8, 4) is 0 Å². The molecule has 0 bridgehead atoms. The van der Waals surface area contributed by atoms with E-state index in [4.69, 9.17) is 5.11 Å². The van der Waals surface area contributed by atoms with E-state index in [2.05, 4.69) is 12.2 Å². The van der Waals surface area contributed by atoms with Crippen molar-refractivity contribution in [1.82, 2.24) is 5.32 Å². The van der Waals surface area contributed by atoms with Crippen LogP contribution < -0.4 is 5.32 Å². The third-order valence-corrected chi connectivity index (χ3v) is 3.44. The van der Waals surface area contributed by atoms with E-state index < -0.39 is 12.0 Å². The minimum absolute atomic E-state index is 0.00516. The third-order valence-electron chi connectivity index (χ3n) is 3.44. The standard InChI is InChI=1S/C17H25NO3/c1-2-3-4-8-13-18-15(11-12-16(19)20)17(21)14-9-6-5-7-10-14/h5-7,9-10,15,18H,2-4,8,11-13H2,1H3,(H,19,20). The number of benzene rings is 1. The monoisotopic (exact) mass is 291 g/mol. The van der Waals surface area contributed by atoms with E-state index in [-0.39, 0.29) is 12.2 Å². The molecule has 0 radical (unpaired) electrons. The summed E-state index contributed by atoms with van der Waals surface area (Å²) in [5.41, 5.74) is 0.633. The fraction of sp³-hybridized carbons (Fsp3) is 0.529. The molecule has 0 aliphatic carbocycles. The highest BCUT2D eigenvalue weighted by molar-refractivity contribution is 6.00. The molecule has 0 fully saturated rings. The van der Waals surface area contributed by atoms with Gasteiger partial charge in [-0.2, -0.15) is 0 Å². The van der Waals surface area contributed by atoms with E-state index in [1.165, 1.54) is 12.8 Å². The SMILES string of the molecule is CCCCCCNC(CCC(=O)O)C(=O)c1ccccc1. The Kier molecular flexibility index (Phi) is 8.36. The highest BCUT2D eigenvalue weighted by Crippen LogP contribution is 2.09. The summed E-state index contributed by atoms with van der Waals surface area (Å²) in [5, 5.41) is 12.0. The van der Waals surface area contributed by atoms with Crippen LogP contribution in [0.25, 0.3) is 0 Å². The van der Waals surface area contributed by atoms with Gasteiger partial charge in [0.15, 0.2) is 5.78 Å². The number of nitrogens with one attached hydrogen (secondary N) is 1. The molecule has 1 rings (SSSR count). The molecule has 1 aromatic carbocycles. The van der Waals surface area contributed by atoms with E-state index >= 15 is 0 Å². The topological polar surface area (TPSA) is 66.4 Å².